The highest BCUT2D eigenvalue weighted by Crippen LogP contribution is 2.40. The van der Waals surface area contributed by atoms with Gasteiger partial charge in [-0.1, -0.05) is 25.1 Å². The number of thioether (sulfide) groups is 1. The Bertz CT molecular complexity index is 547. The van der Waals surface area contributed by atoms with Gasteiger partial charge in [-0.3, -0.25) is 0 Å². The molecule has 0 saturated heterocycles. The summed E-state index contributed by atoms with van der Waals surface area (Å²) in [5.74, 6) is 4.05. The van der Waals surface area contributed by atoms with Crippen molar-refractivity contribution in [1.29, 1.82) is 0 Å². The number of aliphatic hydroxyl groups is 1. The molecule has 2 nitrogen and oxygen atoms in total. The Kier molecular flexibility index (Phi) is 6.28. The zero-order chi connectivity index (χ0) is 17.0. The molecule has 134 valence electrons. The van der Waals surface area contributed by atoms with Crippen LogP contribution in [-0.4, -0.2) is 28.8 Å². The summed E-state index contributed by atoms with van der Waals surface area (Å²) in [7, 11) is 0. The van der Waals surface area contributed by atoms with Crippen LogP contribution in [-0.2, 0) is 12.8 Å². The molecule has 0 heterocycles. The lowest BCUT2D eigenvalue weighted by atomic mass is 9.80. The molecule has 3 rings (SSSR count). The van der Waals surface area contributed by atoms with Gasteiger partial charge < -0.3 is 10.8 Å². The third kappa shape index (κ3) is 4.36. The van der Waals surface area contributed by atoms with Crippen LogP contribution < -0.4 is 5.73 Å². The van der Waals surface area contributed by atoms with Crippen LogP contribution in [0.4, 0.5) is 0 Å². The SMILES string of the molecule is CCCSCC[C@@H]1CCc2cc([C@H]3CC[C@](N)(CO)C3)ccc2C1. The fraction of sp³-hybridized carbons (Fsp3) is 0.714. The Balaban J connectivity index is 1.58. The molecule has 0 radical (unpaired) electrons. The number of hydrogen-bond acceptors (Lipinski definition) is 3. The van der Waals surface area contributed by atoms with Crippen molar-refractivity contribution in [3.8, 4) is 0 Å². The zero-order valence-corrected chi connectivity index (χ0v) is 15.9. The maximum absolute atomic E-state index is 9.49. The Morgan fingerprint density at radius 1 is 1.25 bits per heavy atom. The van der Waals surface area contributed by atoms with Gasteiger partial charge in [0.05, 0.1) is 6.61 Å². The van der Waals surface area contributed by atoms with Crippen LogP contribution in [0.25, 0.3) is 0 Å². The van der Waals surface area contributed by atoms with Crippen molar-refractivity contribution >= 4 is 11.8 Å². The molecule has 3 N–H and O–H groups in total. The van der Waals surface area contributed by atoms with Gasteiger partial charge in [-0.2, -0.15) is 11.8 Å². The van der Waals surface area contributed by atoms with Gasteiger partial charge in [0.15, 0.2) is 0 Å². The fourth-order valence-corrected chi connectivity index (χ4v) is 5.42. The lowest BCUT2D eigenvalue weighted by Gasteiger charge is -2.26. The summed E-state index contributed by atoms with van der Waals surface area (Å²) in [4.78, 5) is 0. The highest BCUT2D eigenvalue weighted by molar-refractivity contribution is 7.99. The standard InChI is InChI=1S/C21H33NOS/c1-2-10-24-11-8-16-3-4-18-13-19(6-5-17(18)12-16)20-7-9-21(22,14-20)15-23/h5-6,13,16,20,23H,2-4,7-12,14-15,22H2,1H3/t16-,20-,21+/m0/s1. The van der Waals surface area contributed by atoms with Gasteiger partial charge in [0, 0.05) is 5.54 Å². The number of hydrogen-bond donors (Lipinski definition) is 2. The quantitative estimate of drug-likeness (QED) is 0.724. The number of rotatable bonds is 7. The predicted octanol–water partition coefficient (Wildman–Crippen LogP) is 4.28. The molecule has 0 aromatic heterocycles. The smallest absolute Gasteiger partial charge is 0.0611 e. The maximum Gasteiger partial charge on any atom is 0.0611 e. The molecule has 1 aromatic carbocycles. The van der Waals surface area contributed by atoms with Crippen molar-refractivity contribution in [2.75, 3.05) is 18.1 Å². The van der Waals surface area contributed by atoms with Crippen molar-refractivity contribution in [1.82, 2.24) is 0 Å². The van der Waals surface area contributed by atoms with E-state index in [9.17, 15) is 5.11 Å². The first kappa shape index (κ1) is 18.3. The van der Waals surface area contributed by atoms with Crippen LogP contribution in [0.3, 0.4) is 0 Å². The van der Waals surface area contributed by atoms with Crippen LogP contribution in [0.15, 0.2) is 18.2 Å². The molecule has 0 aliphatic heterocycles. The molecule has 1 saturated carbocycles. The molecule has 0 amide bonds. The first-order valence-corrected chi connectivity index (χ1v) is 10.9. The summed E-state index contributed by atoms with van der Waals surface area (Å²) in [5.41, 5.74) is 10.5. The normalized spacial score (nSPS) is 29.6. The Hall–Kier alpha value is -0.510. The van der Waals surface area contributed by atoms with E-state index in [0.29, 0.717) is 5.92 Å². The van der Waals surface area contributed by atoms with Crippen molar-refractivity contribution < 1.29 is 5.11 Å². The van der Waals surface area contributed by atoms with Gasteiger partial charge in [-0.15, -0.1) is 0 Å². The molecular formula is C21H33NOS. The monoisotopic (exact) mass is 347 g/mol. The topological polar surface area (TPSA) is 46.2 Å². The van der Waals surface area contributed by atoms with E-state index >= 15 is 0 Å². The van der Waals surface area contributed by atoms with E-state index in [1.54, 1.807) is 11.1 Å². The number of aliphatic hydroxyl groups excluding tert-OH is 1. The summed E-state index contributed by atoms with van der Waals surface area (Å²) >= 11 is 2.12. The Morgan fingerprint density at radius 3 is 2.88 bits per heavy atom. The summed E-state index contributed by atoms with van der Waals surface area (Å²) in [6, 6.07) is 7.16. The third-order valence-electron chi connectivity index (χ3n) is 6.01. The number of benzene rings is 1. The molecule has 3 heteroatoms. The van der Waals surface area contributed by atoms with Crippen LogP contribution in [0.1, 0.15) is 68.1 Å². The van der Waals surface area contributed by atoms with E-state index in [1.165, 1.54) is 49.2 Å². The largest absolute Gasteiger partial charge is 0.394 e. The molecule has 0 unspecified atom stereocenters. The van der Waals surface area contributed by atoms with E-state index in [-0.39, 0.29) is 12.1 Å². The summed E-state index contributed by atoms with van der Waals surface area (Å²) in [5, 5.41) is 9.49. The van der Waals surface area contributed by atoms with E-state index in [1.807, 2.05) is 0 Å². The second-order valence-corrected chi connectivity index (χ2v) is 9.22. The predicted molar refractivity (Wildman–Crippen MR) is 105 cm³/mol. The Labute approximate surface area is 151 Å². The second-order valence-electron chi connectivity index (χ2n) is 8.00. The zero-order valence-electron chi connectivity index (χ0n) is 15.1. The van der Waals surface area contributed by atoms with Gasteiger partial charge in [-0.25, -0.2) is 0 Å². The molecular weight excluding hydrogens is 314 g/mol. The number of aryl methyl sites for hydroxylation is 1. The lowest BCUT2D eigenvalue weighted by molar-refractivity contribution is 0.198. The minimum Gasteiger partial charge on any atom is -0.394 e. The molecule has 0 bridgehead atoms. The second kappa shape index (κ2) is 8.25. The third-order valence-corrected chi connectivity index (χ3v) is 7.23. The summed E-state index contributed by atoms with van der Waals surface area (Å²) < 4.78 is 0. The summed E-state index contributed by atoms with van der Waals surface area (Å²) in [6.07, 6.45) is 9.53. The highest BCUT2D eigenvalue weighted by Gasteiger charge is 2.36. The average Bonchev–Trinajstić information content (AvgIpc) is 3.01. The van der Waals surface area contributed by atoms with E-state index in [0.717, 1.165) is 25.2 Å². The van der Waals surface area contributed by atoms with Crippen LogP contribution in [0.2, 0.25) is 0 Å². The minimum atomic E-state index is -0.345. The average molecular weight is 348 g/mol. The van der Waals surface area contributed by atoms with Crippen LogP contribution in [0.5, 0.6) is 0 Å². The van der Waals surface area contributed by atoms with Gasteiger partial charge in [0.2, 0.25) is 0 Å². The fourth-order valence-electron chi connectivity index (χ4n) is 4.43. The Morgan fingerprint density at radius 2 is 2.12 bits per heavy atom. The van der Waals surface area contributed by atoms with Gasteiger partial charge in [-0.05, 0) is 91.4 Å². The molecule has 24 heavy (non-hydrogen) atoms. The van der Waals surface area contributed by atoms with Gasteiger partial charge >= 0.3 is 0 Å². The summed E-state index contributed by atoms with van der Waals surface area (Å²) in [6.45, 7) is 2.38. The van der Waals surface area contributed by atoms with Crippen molar-refractivity contribution in [2.24, 2.45) is 11.7 Å². The number of nitrogens with two attached hydrogens (primary N) is 1. The van der Waals surface area contributed by atoms with Crippen molar-refractivity contribution in [2.45, 2.75) is 69.7 Å². The van der Waals surface area contributed by atoms with E-state index < -0.39 is 0 Å². The maximum atomic E-state index is 9.49. The molecule has 1 fully saturated rings. The van der Waals surface area contributed by atoms with Crippen LogP contribution >= 0.6 is 11.8 Å². The molecule has 1 aromatic rings. The minimum absolute atomic E-state index is 0.117. The van der Waals surface area contributed by atoms with Gasteiger partial charge in [0.1, 0.15) is 0 Å². The van der Waals surface area contributed by atoms with Crippen LogP contribution in [0, 0.1) is 5.92 Å². The van der Waals surface area contributed by atoms with Crippen molar-refractivity contribution in [3.63, 3.8) is 0 Å². The van der Waals surface area contributed by atoms with E-state index in [2.05, 4.69) is 36.9 Å². The molecule has 2 aliphatic carbocycles. The number of fused-ring (bicyclic) bond motifs is 1. The van der Waals surface area contributed by atoms with Crippen molar-refractivity contribution in [3.05, 3.63) is 34.9 Å². The molecule has 2 aliphatic rings. The van der Waals surface area contributed by atoms with E-state index in [4.69, 9.17) is 5.73 Å². The molecule has 0 spiro atoms. The molecule has 3 atom stereocenters. The van der Waals surface area contributed by atoms with Gasteiger partial charge in [0.25, 0.3) is 0 Å². The lowest BCUT2D eigenvalue weighted by Crippen LogP contribution is -2.40. The first-order chi connectivity index (χ1) is 11.6. The first-order valence-electron chi connectivity index (χ1n) is 9.73. The highest BCUT2D eigenvalue weighted by atomic mass is 32.2.